The van der Waals surface area contributed by atoms with E-state index in [0.29, 0.717) is 12.4 Å². The number of anilines is 1. The van der Waals surface area contributed by atoms with Crippen molar-refractivity contribution in [1.29, 1.82) is 0 Å². The lowest BCUT2D eigenvalue weighted by atomic mass is 10.3. The normalized spacial score (nSPS) is 16.8. The summed E-state index contributed by atoms with van der Waals surface area (Å²) in [6.45, 7) is -0.243. The van der Waals surface area contributed by atoms with Crippen LogP contribution in [0.3, 0.4) is 0 Å². The number of hydrogen-bond acceptors (Lipinski definition) is 4. The van der Waals surface area contributed by atoms with Gasteiger partial charge in [0.05, 0.1) is 13.0 Å². The molecule has 0 unspecified atom stereocenters. The number of hydrogen-bond donors (Lipinski definition) is 0. The van der Waals surface area contributed by atoms with E-state index in [-0.39, 0.29) is 24.6 Å². The Morgan fingerprint density at radius 2 is 1.94 bits per heavy atom. The van der Waals surface area contributed by atoms with Gasteiger partial charge in [0.25, 0.3) is 0 Å². The Bertz CT molecular complexity index is 487. The van der Waals surface area contributed by atoms with Crippen molar-refractivity contribution in [2.45, 2.75) is 12.6 Å². The van der Waals surface area contributed by atoms with Gasteiger partial charge in [-0.15, -0.1) is 0 Å². The molecule has 1 aliphatic rings. The molecule has 8 heteroatoms. The van der Waals surface area contributed by atoms with Gasteiger partial charge in [0.2, 0.25) is 5.91 Å². The Kier molecular flexibility index (Phi) is 2.56. The van der Waals surface area contributed by atoms with Crippen LogP contribution in [0, 0.1) is 0 Å². The minimum atomic E-state index is -4.61. The van der Waals surface area contributed by atoms with Crippen molar-refractivity contribution in [2.24, 2.45) is 0 Å². The Balaban J connectivity index is 2.34. The standard InChI is InChI=1S/C9H6F3N3O2/c10-9(11,12)6-2-7(14-4-13-6)15-3-5(16)1-8(15)17/h2,4H,1,3H2. The second kappa shape index (κ2) is 3.79. The molecule has 0 aromatic carbocycles. The lowest BCUT2D eigenvalue weighted by Crippen LogP contribution is -2.26. The molecule has 17 heavy (non-hydrogen) atoms. The predicted octanol–water partition coefficient (Wildman–Crippen LogP) is 0.801. The molecular formula is C9H6F3N3O2. The zero-order chi connectivity index (χ0) is 12.6. The van der Waals surface area contributed by atoms with Crippen molar-refractivity contribution >= 4 is 17.5 Å². The summed E-state index contributed by atoms with van der Waals surface area (Å²) < 4.78 is 37.1. The largest absolute Gasteiger partial charge is 0.433 e. The van der Waals surface area contributed by atoms with E-state index in [0.717, 1.165) is 4.90 Å². The third-order valence-corrected chi connectivity index (χ3v) is 2.20. The fourth-order valence-corrected chi connectivity index (χ4v) is 1.44. The number of amides is 1. The van der Waals surface area contributed by atoms with Gasteiger partial charge in [0.1, 0.15) is 17.8 Å². The number of alkyl halides is 3. The molecule has 0 saturated carbocycles. The minimum Gasteiger partial charge on any atom is -0.297 e. The van der Waals surface area contributed by atoms with Gasteiger partial charge in [-0.3, -0.25) is 14.5 Å². The van der Waals surface area contributed by atoms with Gasteiger partial charge in [-0.1, -0.05) is 0 Å². The maximum Gasteiger partial charge on any atom is 0.433 e. The van der Waals surface area contributed by atoms with Gasteiger partial charge in [-0.05, 0) is 0 Å². The number of carbonyl (C=O) groups excluding carboxylic acids is 2. The van der Waals surface area contributed by atoms with Crippen LogP contribution in [0.1, 0.15) is 12.1 Å². The highest BCUT2D eigenvalue weighted by Crippen LogP contribution is 2.29. The molecule has 1 aliphatic heterocycles. The molecule has 1 aromatic heterocycles. The molecule has 0 bridgehead atoms. The maximum absolute atomic E-state index is 12.4. The summed E-state index contributed by atoms with van der Waals surface area (Å²) in [7, 11) is 0. The molecule has 0 radical (unpaired) electrons. The Labute approximate surface area is 93.3 Å². The molecule has 90 valence electrons. The molecule has 2 rings (SSSR count). The van der Waals surface area contributed by atoms with Gasteiger partial charge in [0.15, 0.2) is 5.78 Å². The first-order chi connectivity index (χ1) is 7.88. The zero-order valence-corrected chi connectivity index (χ0v) is 8.36. The monoisotopic (exact) mass is 245 g/mol. The first kappa shape index (κ1) is 11.5. The van der Waals surface area contributed by atoms with Crippen LogP contribution >= 0.6 is 0 Å². The molecule has 2 heterocycles. The zero-order valence-electron chi connectivity index (χ0n) is 8.36. The van der Waals surface area contributed by atoms with E-state index in [1.807, 2.05) is 0 Å². The third-order valence-electron chi connectivity index (χ3n) is 2.20. The van der Waals surface area contributed by atoms with E-state index in [9.17, 15) is 22.8 Å². The molecule has 0 spiro atoms. The Morgan fingerprint density at radius 1 is 1.24 bits per heavy atom. The number of rotatable bonds is 1. The van der Waals surface area contributed by atoms with E-state index in [4.69, 9.17) is 0 Å². The van der Waals surface area contributed by atoms with Crippen LogP contribution in [0.15, 0.2) is 12.4 Å². The molecule has 1 aromatic rings. The van der Waals surface area contributed by atoms with Crippen LogP contribution in [0.25, 0.3) is 0 Å². The fourth-order valence-electron chi connectivity index (χ4n) is 1.44. The molecule has 1 amide bonds. The predicted molar refractivity (Wildman–Crippen MR) is 49.0 cm³/mol. The highest BCUT2D eigenvalue weighted by Gasteiger charge is 2.35. The first-order valence-electron chi connectivity index (χ1n) is 4.59. The van der Waals surface area contributed by atoms with Crippen LogP contribution < -0.4 is 4.90 Å². The van der Waals surface area contributed by atoms with Gasteiger partial charge in [-0.25, -0.2) is 9.97 Å². The summed E-state index contributed by atoms with van der Waals surface area (Å²) in [4.78, 5) is 29.8. The van der Waals surface area contributed by atoms with E-state index >= 15 is 0 Å². The topological polar surface area (TPSA) is 63.2 Å². The smallest absolute Gasteiger partial charge is 0.297 e. The van der Waals surface area contributed by atoms with Gasteiger partial charge in [-0.2, -0.15) is 13.2 Å². The van der Waals surface area contributed by atoms with Crippen LogP contribution in [-0.4, -0.2) is 28.2 Å². The molecule has 0 N–H and O–H groups in total. The summed E-state index contributed by atoms with van der Waals surface area (Å²) in [6, 6.07) is 0.649. The quantitative estimate of drug-likeness (QED) is 0.686. The number of nitrogens with zero attached hydrogens (tertiary/aromatic N) is 3. The molecular weight excluding hydrogens is 239 g/mol. The number of ketones is 1. The van der Waals surface area contributed by atoms with Crippen molar-refractivity contribution in [2.75, 3.05) is 11.4 Å². The molecule has 0 aliphatic carbocycles. The van der Waals surface area contributed by atoms with E-state index in [1.165, 1.54) is 0 Å². The Morgan fingerprint density at radius 3 is 2.47 bits per heavy atom. The van der Waals surface area contributed by atoms with E-state index in [1.54, 1.807) is 0 Å². The highest BCUT2D eigenvalue weighted by atomic mass is 19.4. The van der Waals surface area contributed by atoms with Crippen molar-refractivity contribution < 1.29 is 22.8 Å². The number of Topliss-reactive ketones (excluding diaryl/α,β-unsaturated/α-hetero) is 1. The minimum absolute atomic E-state index is 0.205. The van der Waals surface area contributed by atoms with Crippen LogP contribution in [0.5, 0.6) is 0 Å². The molecule has 5 nitrogen and oxygen atoms in total. The lowest BCUT2D eigenvalue weighted by Gasteiger charge is -2.14. The molecule has 1 saturated heterocycles. The van der Waals surface area contributed by atoms with Crippen LogP contribution in [0.2, 0.25) is 0 Å². The van der Waals surface area contributed by atoms with Crippen molar-refractivity contribution in [3.05, 3.63) is 18.1 Å². The van der Waals surface area contributed by atoms with Gasteiger partial charge in [0, 0.05) is 6.07 Å². The van der Waals surface area contributed by atoms with Gasteiger partial charge < -0.3 is 0 Å². The summed E-state index contributed by atoms with van der Waals surface area (Å²) in [5.41, 5.74) is -1.14. The van der Waals surface area contributed by atoms with Crippen LogP contribution in [0.4, 0.5) is 19.0 Å². The molecule has 1 fully saturated rings. The van der Waals surface area contributed by atoms with Crippen molar-refractivity contribution in [3.8, 4) is 0 Å². The summed E-state index contributed by atoms with van der Waals surface area (Å²) >= 11 is 0. The van der Waals surface area contributed by atoms with Crippen molar-refractivity contribution in [1.82, 2.24) is 9.97 Å². The first-order valence-corrected chi connectivity index (χ1v) is 4.59. The molecule has 0 atom stereocenters. The number of aromatic nitrogens is 2. The number of halogens is 3. The van der Waals surface area contributed by atoms with E-state index in [2.05, 4.69) is 9.97 Å². The average molecular weight is 245 g/mol. The van der Waals surface area contributed by atoms with Crippen LogP contribution in [-0.2, 0) is 15.8 Å². The second-order valence-corrected chi connectivity index (χ2v) is 3.45. The third kappa shape index (κ3) is 2.24. The van der Waals surface area contributed by atoms with E-state index < -0.39 is 17.8 Å². The second-order valence-electron chi connectivity index (χ2n) is 3.45. The fraction of sp³-hybridized carbons (Fsp3) is 0.333. The summed E-state index contributed by atoms with van der Waals surface area (Å²) in [5, 5.41) is 0. The highest BCUT2D eigenvalue weighted by molar-refractivity contribution is 6.14. The van der Waals surface area contributed by atoms with Gasteiger partial charge >= 0.3 is 6.18 Å². The summed E-state index contributed by atoms with van der Waals surface area (Å²) in [5.74, 6) is -1.10. The average Bonchev–Trinajstić information content (AvgIpc) is 2.57. The maximum atomic E-state index is 12.4. The SMILES string of the molecule is O=C1CC(=O)N(c2cc(C(F)(F)F)ncn2)C1. The number of carbonyl (C=O) groups is 2. The Hall–Kier alpha value is -1.99. The summed E-state index contributed by atoms with van der Waals surface area (Å²) in [6.07, 6.45) is -4.19. The van der Waals surface area contributed by atoms with Crippen molar-refractivity contribution in [3.63, 3.8) is 0 Å². The lowest BCUT2D eigenvalue weighted by molar-refractivity contribution is -0.141.